The molecule has 0 heteroatoms. The Morgan fingerprint density at radius 2 is 1.14 bits per heavy atom. The van der Waals surface area contributed by atoms with E-state index in [1.54, 1.807) is 0 Å². The van der Waals surface area contributed by atoms with Gasteiger partial charge >= 0.3 is 0 Å². The Balaban J connectivity index is 1.87. The number of benzene rings is 3. The van der Waals surface area contributed by atoms with Gasteiger partial charge in [0.25, 0.3) is 0 Å². The highest BCUT2D eigenvalue weighted by molar-refractivity contribution is 6.05. The summed E-state index contributed by atoms with van der Waals surface area (Å²) in [6.45, 7) is 0. The molecule has 104 valence electrons. The van der Waals surface area contributed by atoms with Crippen LogP contribution in [0.3, 0.4) is 0 Å². The molecule has 0 atom stereocenters. The Hall–Kier alpha value is -2.86. The summed E-state index contributed by atoms with van der Waals surface area (Å²) in [5, 5.41) is 0. The van der Waals surface area contributed by atoms with Gasteiger partial charge in [0.15, 0.2) is 0 Å². The van der Waals surface area contributed by atoms with Crippen LogP contribution in [-0.4, -0.2) is 0 Å². The minimum Gasteiger partial charge on any atom is -0.0622 e. The summed E-state index contributed by atoms with van der Waals surface area (Å²) in [5.74, 6) is 0. The van der Waals surface area contributed by atoms with Gasteiger partial charge in [-0.25, -0.2) is 0 Å². The topological polar surface area (TPSA) is 0 Å². The van der Waals surface area contributed by atoms with Crippen LogP contribution in [0.15, 0.2) is 91.0 Å². The van der Waals surface area contributed by atoms with E-state index in [2.05, 4.69) is 97.1 Å². The van der Waals surface area contributed by atoms with E-state index >= 15 is 0 Å². The monoisotopic (exact) mass is 280 g/mol. The van der Waals surface area contributed by atoms with E-state index in [1.165, 1.54) is 33.4 Å². The van der Waals surface area contributed by atoms with Crippen molar-refractivity contribution < 1.29 is 0 Å². The molecule has 0 aliphatic heterocycles. The molecule has 1 aliphatic rings. The van der Waals surface area contributed by atoms with Gasteiger partial charge in [0.1, 0.15) is 0 Å². The molecule has 0 saturated carbocycles. The van der Waals surface area contributed by atoms with Gasteiger partial charge in [-0.2, -0.15) is 0 Å². The summed E-state index contributed by atoms with van der Waals surface area (Å²) in [6.07, 6.45) is 4.56. The van der Waals surface area contributed by atoms with Crippen LogP contribution in [0.4, 0.5) is 0 Å². The normalized spacial score (nSPS) is 14.7. The molecule has 0 amide bonds. The highest BCUT2D eigenvalue weighted by Gasteiger charge is 2.18. The smallest absolute Gasteiger partial charge is 0.00990 e. The standard InChI is InChI=1S/C22H16/c1-3-9-17(10-4-1)15-19-16-22(18-11-5-2-6-12-18)21-14-8-7-13-20(19)21/h1-16H. The van der Waals surface area contributed by atoms with Crippen molar-refractivity contribution in [1.29, 1.82) is 0 Å². The van der Waals surface area contributed by atoms with Gasteiger partial charge in [-0.1, -0.05) is 84.9 Å². The highest BCUT2D eigenvalue weighted by atomic mass is 14.2. The minimum atomic E-state index is 1.23. The van der Waals surface area contributed by atoms with Crippen molar-refractivity contribution in [3.63, 3.8) is 0 Å². The molecule has 0 nitrogen and oxygen atoms in total. The summed E-state index contributed by atoms with van der Waals surface area (Å²) in [7, 11) is 0. The summed E-state index contributed by atoms with van der Waals surface area (Å²) in [4.78, 5) is 0. The molecular formula is C22H16. The van der Waals surface area contributed by atoms with E-state index in [0.29, 0.717) is 0 Å². The maximum absolute atomic E-state index is 2.30. The number of allylic oxidation sites excluding steroid dienone is 2. The molecule has 22 heavy (non-hydrogen) atoms. The first-order chi connectivity index (χ1) is 10.9. The second kappa shape index (κ2) is 5.50. The molecule has 3 aromatic carbocycles. The lowest BCUT2D eigenvalue weighted by Gasteiger charge is -2.05. The van der Waals surface area contributed by atoms with Crippen LogP contribution >= 0.6 is 0 Å². The van der Waals surface area contributed by atoms with E-state index in [4.69, 9.17) is 0 Å². The molecule has 1 aliphatic carbocycles. The summed E-state index contributed by atoms with van der Waals surface area (Å²) in [5.41, 5.74) is 7.71. The molecule has 0 unspecified atom stereocenters. The lowest BCUT2D eigenvalue weighted by Crippen LogP contribution is -1.85. The van der Waals surface area contributed by atoms with E-state index < -0.39 is 0 Å². The first-order valence-corrected chi connectivity index (χ1v) is 7.55. The van der Waals surface area contributed by atoms with Crippen LogP contribution in [0, 0.1) is 0 Å². The second-order valence-corrected chi connectivity index (χ2v) is 5.48. The number of hydrogen-bond acceptors (Lipinski definition) is 0. The van der Waals surface area contributed by atoms with Crippen molar-refractivity contribution in [1.82, 2.24) is 0 Å². The maximum Gasteiger partial charge on any atom is -0.00990 e. The maximum atomic E-state index is 2.30. The minimum absolute atomic E-state index is 1.23. The third-order valence-corrected chi connectivity index (χ3v) is 4.03. The van der Waals surface area contributed by atoms with E-state index in [1.807, 2.05) is 0 Å². The summed E-state index contributed by atoms with van der Waals surface area (Å²) < 4.78 is 0. The van der Waals surface area contributed by atoms with E-state index in [0.717, 1.165) is 0 Å². The average Bonchev–Trinajstić information content (AvgIpc) is 2.96. The number of hydrogen-bond donors (Lipinski definition) is 0. The third kappa shape index (κ3) is 2.29. The van der Waals surface area contributed by atoms with Gasteiger partial charge in [-0.15, -0.1) is 0 Å². The van der Waals surface area contributed by atoms with Crippen LogP contribution in [0.25, 0.3) is 17.2 Å². The molecule has 0 saturated heterocycles. The average molecular weight is 280 g/mol. The number of fused-ring (bicyclic) bond motifs is 1. The largest absolute Gasteiger partial charge is 0.0622 e. The molecule has 0 spiro atoms. The molecule has 0 radical (unpaired) electrons. The number of rotatable bonds is 2. The zero-order valence-electron chi connectivity index (χ0n) is 12.2. The molecule has 3 aromatic rings. The zero-order chi connectivity index (χ0) is 14.8. The Bertz CT molecular complexity index is 853. The van der Waals surface area contributed by atoms with Crippen LogP contribution < -0.4 is 0 Å². The fourth-order valence-electron chi connectivity index (χ4n) is 2.99. The lowest BCUT2D eigenvalue weighted by atomic mass is 9.99. The van der Waals surface area contributed by atoms with Crippen molar-refractivity contribution in [3.8, 4) is 0 Å². The van der Waals surface area contributed by atoms with Crippen LogP contribution in [0.5, 0.6) is 0 Å². The summed E-state index contributed by atoms with van der Waals surface area (Å²) in [6, 6.07) is 29.7. The fourth-order valence-corrected chi connectivity index (χ4v) is 2.99. The van der Waals surface area contributed by atoms with Gasteiger partial charge in [0.05, 0.1) is 0 Å². The Morgan fingerprint density at radius 3 is 1.86 bits per heavy atom. The van der Waals surface area contributed by atoms with Crippen molar-refractivity contribution in [2.45, 2.75) is 0 Å². The third-order valence-electron chi connectivity index (χ3n) is 4.03. The van der Waals surface area contributed by atoms with E-state index in [-0.39, 0.29) is 0 Å². The summed E-state index contributed by atoms with van der Waals surface area (Å²) >= 11 is 0. The molecule has 0 fully saturated rings. The fraction of sp³-hybridized carbons (Fsp3) is 0. The first-order valence-electron chi connectivity index (χ1n) is 7.55. The van der Waals surface area contributed by atoms with Crippen LogP contribution in [0.1, 0.15) is 22.3 Å². The van der Waals surface area contributed by atoms with Crippen LogP contribution in [0.2, 0.25) is 0 Å². The molecule has 0 aromatic heterocycles. The predicted molar refractivity (Wildman–Crippen MR) is 94.3 cm³/mol. The Morgan fingerprint density at radius 1 is 0.545 bits per heavy atom. The molecule has 0 bridgehead atoms. The van der Waals surface area contributed by atoms with Crippen molar-refractivity contribution in [2.24, 2.45) is 0 Å². The molecular weight excluding hydrogens is 264 g/mol. The lowest BCUT2D eigenvalue weighted by molar-refractivity contribution is 1.55. The first kappa shape index (κ1) is 12.8. The Labute approximate surface area is 131 Å². The van der Waals surface area contributed by atoms with Gasteiger partial charge in [-0.05, 0) is 45.6 Å². The Kier molecular flexibility index (Phi) is 3.21. The van der Waals surface area contributed by atoms with Gasteiger partial charge < -0.3 is 0 Å². The zero-order valence-corrected chi connectivity index (χ0v) is 12.2. The van der Waals surface area contributed by atoms with Gasteiger partial charge in [0, 0.05) is 0 Å². The highest BCUT2D eigenvalue weighted by Crippen LogP contribution is 2.39. The predicted octanol–water partition coefficient (Wildman–Crippen LogP) is 5.67. The van der Waals surface area contributed by atoms with Gasteiger partial charge in [0.2, 0.25) is 0 Å². The van der Waals surface area contributed by atoms with Crippen molar-refractivity contribution in [2.75, 3.05) is 0 Å². The molecule has 4 rings (SSSR count). The molecule has 0 N–H and O–H groups in total. The van der Waals surface area contributed by atoms with Crippen molar-refractivity contribution >= 4 is 17.2 Å². The van der Waals surface area contributed by atoms with E-state index in [9.17, 15) is 0 Å². The SMILES string of the molecule is C(=C1C=C(c2ccccc2)c2ccccc21)c1ccccc1. The molecule has 0 heterocycles. The quantitative estimate of drug-likeness (QED) is 0.567. The second-order valence-electron chi connectivity index (χ2n) is 5.48. The van der Waals surface area contributed by atoms with Gasteiger partial charge in [-0.3, -0.25) is 0 Å². The van der Waals surface area contributed by atoms with Crippen LogP contribution in [-0.2, 0) is 0 Å². The van der Waals surface area contributed by atoms with Crippen molar-refractivity contribution in [3.05, 3.63) is 113 Å².